The minimum absolute atomic E-state index is 0.317. The van der Waals surface area contributed by atoms with E-state index in [1.165, 1.54) is 35.6 Å². The number of aryl methyl sites for hydroxylation is 1. The quantitative estimate of drug-likeness (QED) is 0.828. The molecule has 2 aromatic rings. The molecule has 1 aliphatic heterocycles. The molecule has 1 amide bonds. The fraction of sp³-hybridized carbons (Fsp3) is 0.389. The maximum atomic E-state index is 12.2. The molecule has 3 rings (SSSR count). The number of piperidine rings is 1. The lowest BCUT2D eigenvalue weighted by atomic mass is 10.0. The lowest BCUT2D eigenvalue weighted by Gasteiger charge is -2.26. The number of hydrogen-bond donors (Lipinski definition) is 0. The summed E-state index contributed by atoms with van der Waals surface area (Å²) in [4.78, 5) is 14.3. The van der Waals surface area contributed by atoms with Gasteiger partial charge in [-0.25, -0.2) is 0 Å². The first-order chi connectivity index (χ1) is 9.84. The van der Waals surface area contributed by atoms with Crippen LogP contribution in [0, 0.1) is 0 Å². The minimum atomic E-state index is 0.317. The van der Waals surface area contributed by atoms with Crippen LogP contribution in [0.15, 0.2) is 42.5 Å². The van der Waals surface area contributed by atoms with E-state index in [1.807, 2.05) is 4.90 Å². The smallest absolute Gasteiger partial charge is 0.222 e. The Hall–Kier alpha value is -1.83. The number of fused-ring (bicyclic) bond motifs is 1. The number of carbonyl (C=O) groups excluding carboxylic acids is 1. The van der Waals surface area contributed by atoms with Crippen LogP contribution in [0.5, 0.6) is 0 Å². The number of rotatable bonds is 3. The zero-order chi connectivity index (χ0) is 13.8. The van der Waals surface area contributed by atoms with E-state index in [1.54, 1.807) is 0 Å². The number of nitrogens with zero attached hydrogens (tertiary/aromatic N) is 1. The van der Waals surface area contributed by atoms with Crippen molar-refractivity contribution in [2.75, 3.05) is 13.1 Å². The molecule has 0 N–H and O–H groups in total. The van der Waals surface area contributed by atoms with E-state index >= 15 is 0 Å². The van der Waals surface area contributed by atoms with Crippen LogP contribution in [0.3, 0.4) is 0 Å². The maximum absolute atomic E-state index is 12.2. The third kappa shape index (κ3) is 2.84. The van der Waals surface area contributed by atoms with E-state index < -0.39 is 0 Å². The second-order valence-corrected chi connectivity index (χ2v) is 5.58. The highest BCUT2D eigenvalue weighted by atomic mass is 16.2. The van der Waals surface area contributed by atoms with Gasteiger partial charge in [0.25, 0.3) is 0 Å². The topological polar surface area (TPSA) is 20.3 Å². The molecule has 0 spiro atoms. The normalized spacial score (nSPS) is 15.5. The fourth-order valence-electron chi connectivity index (χ4n) is 3.05. The van der Waals surface area contributed by atoms with Gasteiger partial charge in [0.05, 0.1) is 0 Å². The molecule has 0 aromatic heterocycles. The predicted octanol–water partition coefficient (Wildman–Crippen LogP) is 3.78. The summed E-state index contributed by atoms with van der Waals surface area (Å²) in [6.07, 6.45) is 5.08. The summed E-state index contributed by atoms with van der Waals surface area (Å²) in [5, 5.41) is 2.54. The van der Waals surface area contributed by atoms with Crippen molar-refractivity contribution in [1.29, 1.82) is 0 Å². The lowest BCUT2D eigenvalue weighted by molar-refractivity contribution is -0.132. The average molecular weight is 267 g/mol. The van der Waals surface area contributed by atoms with Gasteiger partial charge in [-0.3, -0.25) is 4.79 Å². The first-order valence-corrected chi connectivity index (χ1v) is 7.59. The van der Waals surface area contributed by atoms with Gasteiger partial charge in [-0.15, -0.1) is 0 Å². The largest absolute Gasteiger partial charge is 0.343 e. The standard InChI is InChI=1S/C18H21NO/c20-18(19-13-4-1-5-14-19)12-11-16-9-6-8-15-7-2-3-10-17(15)16/h2-3,6-10H,1,4-5,11-14H2. The van der Waals surface area contributed by atoms with Crippen LogP contribution in [0.1, 0.15) is 31.2 Å². The molecule has 1 aliphatic rings. The molecule has 1 heterocycles. The minimum Gasteiger partial charge on any atom is -0.343 e. The first-order valence-electron chi connectivity index (χ1n) is 7.59. The zero-order valence-corrected chi connectivity index (χ0v) is 11.8. The molecular formula is C18H21NO. The average Bonchev–Trinajstić information content (AvgIpc) is 2.53. The molecule has 0 saturated carbocycles. The molecule has 0 aliphatic carbocycles. The van der Waals surface area contributed by atoms with Gasteiger partial charge in [0, 0.05) is 19.5 Å². The Balaban J connectivity index is 1.69. The van der Waals surface area contributed by atoms with Crippen LogP contribution in [0.2, 0.25) is 0 Å². The number of amides is 1. The van der Waals surface area contributed by atoms with E-state index in [0.717, 1.165) is 19.5 Å². The lowest BCUT2D eigenvalue weighted by Crippen LogP contribution is -2.35. The van der Waals surface area contributed by atoms with Crippen molar-refractivity contribution < 1.29 is 4.79 Å². The first kappa shape index (κ1) is 13.2. The Bertz CT molecular complexity index is 594. The van der Waals surface area contributed by atoms with Gasteiger partial charge in [-0.1, -0.05) is 42.5 Å². The zero-order valence-electron chi connectivity index (χ0n) is 11.8. The molecule has 2 aromatic carbocycles. The van der Waals surface area contributed by atoms with Gasteiger partial charge in [0.1, 0.15) is 0 Å². The van der Waals surface area contributed by atoms with Crippen molar-refractivity contribution in [3.63, 3.8) is 0 Å². The van der Waals surface area contributed by atoms with E-state index in [4.69, 9.17) is 0 Å². The Morgan fingerprint density at radius 3 is 2.55 bits per heavy atom. The molecular weight excluding hydrogens is 246 g/mol. The molecule has 104 valence electrons. The van der Waals surface area contributed by atoms with Gasteiger partial charge in [-0.2, -0.15) is 0 Å². The van der Waals surface area contributed by atoms with Crippen LogP contribution in [0.25, 0.3) is 10.8 Å². The fourth-order valence-corrected chi connectivity index (χ4v) is 3.05. The Labute approximate surface area is 120 Å². The van der Waals surface area contributed by atoms with E-state index in [2.05, 4.69) is 42.5 Å². The molecule has 0 radical (unpaired) electrons. The Morgan fingerprint density at radius 1 is 0.950 bits per heavy atom. The van der Waals surface area contributed by atoms with Gasteiger partial charge in [0.15, 0.2) is 0 Å². The van der Waals surface area contributed by atoms with Crippen molar-refractivity contribution in [2.45, 2.75) is 32.1 Å². The van der Waals surface area contributed by atoms with E-state index in [0.29, 0.717) is 12.3 Å². The molecule has 20 heavy (non-hydrogen) atoms. The van der Waals surface area contributed by atoms with Crippen molar-refractivity contribution in [1.82, 2.24) is 4.90 Å². The number of hydrogen-bond acceptors (Lipinski definition) is 1. The van der Waals surface area contributed by atoms with Crippen LogP contribution in [-0.4, -0.2) is 23.9 Å². The van der Waals surface area contributed by atoms with Gasteiger partial charge in [0.2, 0.25) is 5.91 Å². The molecule has 2 heteroatoms. The second-order valence-electron chi connectivity index (χ2n) is 5.58. The van der Waals surface area contributed by atoms with Crippen LogP contribution < -0.4 is 0 Å². The van der Waals surface area contributed by atoms with Crippen LogP contribution >= 0.6 is 0 Å². The third-order valence-electron chi connectivity index (χ3n) is 4.20. The van der Waals surface area contributed by atoms with Crippen molar-refractivity contribution >= 4 is 16.7 Å². The highest BCUT2D eigenvalue weighted by Gasteiger charge is 2.16. The Kier molecular flexibility index (Phi) is 4.00. The highest BCUT2D eigenvalue weighted by molar-refractivity contribution is 5.86. The van der Waals surface area contributed by atoms with E-state index in [9.17, 15) is 4.79 Å². The molecule has 1 saturated heterocycles. The summed E-state index contributed by atoms with van der Waals surface area (Å²) in [6.45, 7) is 1.91. The number of benzene rings is 2. The van der Waals surface area contributed by atoms with Gasteiger partial charge >= 0.3 is 0 Å². The molecule has 1 fully saturated rings. The maximum Gasteiger partial charge on any atom is 0.222 e. The number of likely N-dealkylation sites (tertiary alicyclic amines) is 1. The SMILES string of the molecule is O=C(CCc1cccc2ccccc12)N1CCCCC1. The van der Waals surface area contributed by atoms with Crippen LogP contribution in [-0.2, 0) is 11.2 Å². The third-order valence-corrected chi connectivity index (χ3v) is 4.20. The van der Waals surface area contributed by atoms with Gasteiger partial charge in [-0.05, 0) is 42.0 Å². The molecule has 0 unspecified atom stereocenters. The highest BCUT2D eigenvalue weighted by Crippen LogP contribution is 2.20. The predicted molar refractivity (Wildman–Crippen MR) is 82.7 cm³/mol. The van der Waals surface area contributed by atoms with Crippen molar-refractivity contribution in [3.05, 3.63) is 48.0 Å². The Morgan fingerprint density at radius 2 is 1.70 bits per heavy atom. The van der Waals surface area contributed by atoms with Crippen LogP contribution in [0.4, 0.5) is 0 Å². The molecule has 0 atom stereocenters. The second kappa shape index (κ2) is 6.08. The molecule has 2 nitrogen and oxygen atoms in total. The summed E-state index contributed by atoms with van der Waals surface area (Å²) >= 11 is 0. The van der Waals surface area contributed by atoms with E-state index in [-0.39, 0.29) is 0 Å². The summed E-state index contributed by atoms with van der Waals surface area (Å²) in [5.74, 6) is 0.317. The van der Waals surface area contributed by atoms with Crippen molar-refractivity contribution in [2.24, 2.45) is 0 Å². The summed E-state index contributed by atoms with van der Waals surface area (Å²) < 4.78 is 0. The van der Waals surface area contributed by atoms with Crippen molar-refractivity contribution in [3.8, 4) is 0 Å². The summed E-state index contributed by atoms with van der Waals surface area (Å²) in [5.41, 5.74) is 1.29. The monoisotopic (exact) mass is 267 g/mol. The number of carbonyl (C=O) groups is 1. The van der Waals surface area contributed by atoms with Gasteiger partial charge < -0.3 is 4.90 Å². The summed E-state index contributed by atoms with van der Waals surface area (Å²) in [6, 6.07) is 14.8. The molecule has 0 bridgehead atoms. The summed E-state index contributed by atoms with van der Waals surface area (Å²) in [7, 11) is 0.